The van der Waals surface area contributed by atoms with Crippen LogP contribution in [0.1, 0.15) is 43.4 Å². The Morgan fingerprint density at radius 2 is 1.96 bits per heavy atom. The number of amides is 2. The lowest BCUT2D eigenvalue weighted by atomic mass is 10.1. The minimum atomic E-state index is -0.671. The van der Waals surface area contributed by atoms with Gasteiger partial charge >= 0.3 is 5.97 Å². The highest BCUT2D eigenvalue weighted by molar-refractivity contribution is 7.18. The molecular formula is C16H19ClN4O4S. The van der Waals surface area contributed by atoms with Crippen molar-refractivity contribution in [2.75, 3.05) is 12.4 Å². The fraction of sp³-hybridized carbons (Fsp3) is 0.375. The predicted octanol–water partition coefficient (Wildman–Crippen LogP) is 2.44. The first-order valence-electron chi connectivity index (χ1n) is 7.68. The highest BCUT2D eigenvalue weighted by atomic mass is 35.5. The van der Waals surface area contributed by atoms with Gasteiger partial charge in [-0.25, -0.2) is 4.79 Å². The summed E-state index contributed by atoms with van der Waals surface area (Å²) in [4.78, 5) is 36.0. The van der Waals surface area contributed by atoms with E-state index in [-0.39, 0.29) is 27.8 Å². The van der Waals surface area contributed by atoms with Gasteiger partial charge in [0.15, 0.2) is 0 Å². The van der Waals surface area contributed by atoms with Crippen molar-refractivity contribution in [1.82, 2.24) is 9.78 Å². The number of esters is 1. The summed E-state index contributed by atoms with van der Waals surface area (Å²) in [7, 11) is 1.22. The normalized spacial score (nSPS) is 10.7. The minimum Gasteiger partial charge on any atom is -0.465 e. The molecule has 8 nitrogen and oxygen atoms in total. The Balaban J connectivity index is 2.18. The Hall–Kier alpha value is -2.39. The zero-order valence-corrected chi connectivity index (χ0v) is 16.4. The molecule has 0 fully saturated rings. The average Bonchev–Trinajstić information content (AvgIpc) is 3.04. The number of hydrogen-bond donors (Lipinski definition) is 2. The molecule has 0 saturated carbocycles. The largest absolute Gasteiger partial charge is 0.465 e. The van der Waals surface area contributed by atoms with Crippen LogP contribution in [-0.2, 0) is 16.1 Å². The average molecular weight is 399 g/mol. The summed E-state index contributed by atoms with van der Waals surface area (Å²) in [5, 5.41) is 7.71. The number of halogens is 1. The molecule has 2 aromatic rings. The van der Waals surface area contributed by atoms with Crippen molar-refractivity contribution in [1.29, 1.82) is 0 Å². The smallest absolute Gasteiger partial charge is 0.341 e. The third-order valence-corrected chi connectivity index (χ3v) is 5.63. The maximum absolute atomic E-state index is 12.3. The number of carbonyl (C=O) groups is 3. The summed E-state index contributed by atoms with van der Waals surface area (Å²) in [6.07, 6.45) is 0.113. The van der Waals surface area contributed by atoms with Crippen LogP contribution in [0.15, 0.2) is 0 Å². The maximum atomic E-state index is 12.3. The number of nitrogens with two attached hydrogens (primary N) is 1. The second kappa shape index (κ2) is 7.88. The Bertz CT molecular complexity index is 887. The molecule has 26 heavy (non-hydrogen) atoms. The monoisotopic (exact) mass is 398 g/mol. The van der Waals surface area contributed by atoms with Crippen molar-refractivity contribution < 1.29 is 19.1 Å². The lowest BCUT2D eigenvalue weighted by Crippen LogP contribution is -2.17. The molecule has 140 valence electrons. The Morgan fingerprint density at radius 3 is 2.46 bits per heavy atom. The quantitative estimate of drug-likeness (QED) is 0.725. The second-order valence-electron chi connectivity index (χ2n) is 5.62. The molecular weight excluding hydrogens is 380 g/mol. The van der Waals surface area contributed by atoms with Gasteiger partial charge in [-0.05, 0) is 26.3 Å². The number of hydrogen-bond acceptors (Lipinski definition) is 6. The Morgan fingerprint density at radius 1 is 1.31 bits per heavy atom. The summed E-state index contributed by atoms with van der Waals surface area (Å²) < 4.78 is 6.37. The zero-order valence-electron chi connectivity index (χ0n) is 14.8. The molecule has 0 atom stereocenters. The fourth-order valence-electron chi connectivity index (χ4n) is 2.47. The van der Waals surface area contributed by atoms with Crippen molar-refractivity contribution in [3.63, 3.8) is 0 Å². The summed E-state index contributed by atoms with van der Waals surface area (Å²) in [5.41, 5.74) is 7.30. The number of primary amides is 1. The van der Waals surface area contributed by atoms with E-state index in [0.29, 0.717) is 22.8 Å². The number of aromatic nitrogens is 2. The molecule has 10 heteroatoms. The fourth-order valence-corrected chi connectivity index (χ4v) is 3.67. The van der Waals surface area contributed by atoms with Crippen molar-refractivity contribution in [3.05, 3.63) is 32.4 Å². The van der Waals surface area contributed by atoms with Gasteiger partial charge in [-0.2, -0.15) is 5.10 Å². The molecule has 0 aromatic carbocycles. The third kappa shape index (κ3) is 3.88. The predicted molar refractivity (Wildman–Crippen MR) is 98.9 cm³/mol. The van der Waals surface area contributed by atoms with Gasteiger partial charge < -0.3 is 15.8 Å². The number of anilines is 1. The lowest BCUT2D eigenvalue weighted by molar-refractivity contribution is -0.116. The molecule has 0 bridgehead atoms. The van der Waals surface area contributed by atoms with Gasteiger partial charge in [-0.1, -0.05) is 11.6 Å². The molecule has 0 radical (unpaired) electrons. The van der Waals surface area contributed by atoms with E-state index in [2.05, 4.69) is 10.4 Å². The summed E-state index contributed by atoms with van der Waals surface area (Å²) in [6, 6.07) is 0. The number of aryl methyl sites for hydroxylation is 2. The van der Waals surface area contributed by atoms with E-state index in [1.807, 2.05) is 6.92 Å². The van der Waals surface area contributed by atoms with Crippen LogP contribution < -0.4 is 11.1 Å². The number of methoxy groups -OCH3 is 1. The molecule has 0 aliphatic heterocycles. The van der Waals surface area contributed by atoms with E-state index in [9.17, 15) is 14.4 Å². The third-order valence-electron chi connectivity index (χ3n) is 3.86. The summed E-state index contributed by atoms with van der Waals surface area (Å²) in [5.74, 6) is -1.65. The molecule has 0 spiro atoms. The number of carbonyl (C=O) groups excluding carboxylic acids is 3. The van der Waals surface area contributed by atoms with E-state index in [4.69, 9.17) is 22.1 Å². The van der Waals surface area contributed by atoms with Crippen LogP contribution in [0.5, 0.6) is 0 Å². The summed E-state index contributed by atoms with van der Waals surface area (Å²) >= 11 is 7.03. The van der Waals surface area contributed by atoms with Crippen molar-refractivity contribution >= 4 is 45.7 Å². The number of nitrogens with one attached hydrogen (secondary N) is 1. The molecule has 0 saturated heterocycles. The first kappa shape index (κ1) is 19.9. The zero-order chi connectivity index (χ0) is 19.6. The second-order valence-corrected chi connectivity index (χ2v) is 7.02. The van der Waals surface area contributed by atoms with Crippen molar-refractivity contribution in [3.8, 4) is 0 Å². The van der Waals surface area contributed by atoms with Gasteiger partial charge in [0.25, 0.3) is 5.91 Å². The van der Waals surface area contributed by atoms with Crippen LogP contribution in [0.4, 0.5) is 5.00 Å². The molecule has 3 N–H and O–H groups in total. The van der Waals surface area contributed by atoms with E-state index < -0.39 is 11.9 Å². The van der Waals surface area contributed by atoms with Gasteiger partial charge in [-0.3, -0.25) is 14.3 Å². The molecule has 2 aromatic heterocycles. The van der Waals surface area contributed by atoms with Crippen LogP contribution in [0.25, 0.3) is 0 Å². The Labute approximate surface area is 159 Å². The topological polar surface area (TPSA) is 116 Å². The molecule has 2 heterocycles. The van der Waals surface area contributed by atoms with E-state index in [1.165, 1.54) is 7.11 Å². The number of ether oxygens (including phenoxy) is 1. The molecule has 2 rings (SSSR count). The molecule has 0 aliphatic rings. The van der Waals surface area contributed by atoms with Crippen LogP contribution in [-0.4, -0.2) is 34.7 Å². The van der Waals surface area contributed by atoms with Gasteiger partial charge in [-0.15, -0.1) is 11.3 Å². The summed E-state index contributed by atoms with van der Waals surface area (Å²) in [6.45, 7) is 5.51. The van der Waals surface area contributed by atoms with Gasteiger partial charge in [0.1, 0.15) is 5.00 Å². The lowest BCUT2D eigenvalue weighted by Gasteiger charge is -2.07. The molecule has 0 aliphatic carbocycles. The first-order chi connectivity index (χ1) is 12.2. The van der Waals surface area contributed by atoms with E-state index in [0.717, 1.165) is 17.0 Å². The van der Waals surface area contributed by atoms with Crippen molar-refractivity contribution in [2.24, 2.45) is 5.73 Å². The Kier molecular flexibility index (Phi) is 6.04. The minimum absolute atomic E-state index is 0.113. The number of thiophene rings is 1. The van der Waals surface area contributed by atoms with Gasteiger partial charge in [0.2, 0.25) is 5.91 Å². The van der Waals surface area contributed by atoms with Crippen LogP contribution in [0, 0.1) is 20.8 Å². The highest BCUT2D eigenvalue weighted by Gasteiger charge is 2.25. The van der Waals surface area contributed by atoms with Crippen LogP contribution in [0.3, 0.4) is 0 Å². The standard InChI is InChI=1S/C16H19ClN4O4S/c1-7-11(16(24)25-4)15(26-13(7)14(18)23)19-10(22)5-6-21-9(3)12(17)8(2)20-21/h5-6H2,1-4H3,(H2,18,23)(H,19,22). The maximum Gasteiger partial charge on any atom is 0.341 e. The number of nitrogens with zero attached hydrogens (tertiary/aromatic N) is 2. The first-order valence-corrected chi connectivity index (χ1v) is 8.87. The van der Waals surface area contributed by atoms with E-state index in [1.54, 1.807) is 18.5 Å². The molecule has 0 unspecified atom stereocenters. The van der Waals surface area contributed by atoms with Gasteiger partial charge in [0.05, 0.1) is 40.5 Å². The van der Waals surface area contributed by atoms with Crippen LogP contribution >= 0.6 is 22.9 Å². The van der Waals surface area contributed by atoms with E-state index >= 15 is 0 Å². The van der Waals surface area contributed by atoms with Crippen molar-refractivity contribution in [2.45, 2.75) is 33.7 Å². The number of rotatable bonds is 6. The highest BCUT2D eigenvalue weighted by Crippen LogP contribution is 2.33. The SMILES string of the molecule is COC(=O)c1c(NC(=O)CCn2nc(C)c(Cl)c2C)sc(C(N)=O)c1C. The van der Waals surface area contributed by atoms with Crippen LogP contribution in [0.2, 0.25) is 5.02 Å². The molecule has 2 amide bonds. The van der Waals surface area contributed by atoms with Gasteiger partial charge in [0, 0.05) is 6.42 Å².